The van der Waals surface area contributed by atoms with Gasteiger partial charge < -0.3 is 20.1 Å². The molecule has 2 N–H and O–H groups in total. The van der Waals surface area contributed by atoms with Gasteiger partial charge in [0.15, 0.2) is 0 Å². The van der Waals surface area contributed by atoms with E-state index in [1.165, 1.54) is 6.07 Å². The Kier molecular flexibility index (Phi) is 4.31. The average molecular weight is 308 g/mol. The topological polar surface area (TPSA) is 61.8 Å². The predicted octanol–water partition coefficient (Wildman–Crippen LogP) is 1.51. The summed E-state index contributed by atoms with van der Waals surface area (Å²) in [5, 5.41) is 12.1. The highest BCUT2D eigenvalue weighted by Gasteiger charge is 2.42. The molecule has 1 heterocycles. The summed E-state index contributed by atoms with van der Waals surface area (Å²) in [7, 11) is 0. The Hall–Kier alpha value is -1.66. The van der Waals surface area contributed by atoms with Crippen molar-refractivity contribution in [2.45, 2.75) is 25.6 Å². The fraction of sp³-hybridized carbons (Fsp3) is 0.562. The minimum absolute atomic E-state index is 0.0434. The Labute approximate surface area is 129 Å². The number of nitrogens with zero attached hydrogens (tertiary/aromatic N) is 1. The molecule has 0 spiro atoms. The fourth-order valence-electron chi connectivity index (χ4n) is 2.47. The third kappa shape index (κ3) is 3.39. The maximum atomic E-state index is 13.4. The van der Waals surface area contributed by atoms with Gasteiger partial charge in [-0.15, -0.1) is 0 Å². The van der Waals surface area contributed by atoms with Crippen molar-refractivity contribution in [3.05, 3.63) is 35.6 Å². The SMILES string of the molecule is O=C(NCC1(CO)CC1)N1CC(OCc2ccccc2F)C1. The number of urea groups is 1. The van der Waals surface area contributed by atoms with Crippen molar-refractivity contribution < 1.29 is 19.0 Å². The molecule has 1 aromatic carbocycles. The number of nitrogens with one attached hydrogen (secondary N) is 1. The predicted molar refractivity (Wildman–Crippen MR) is 78.7 cm³/mol. The highest BCUT2D eigenvalue weighted by atomic mass is 19.1. The Morgan fingerprint density at radius 1 is 1.41 bits per heavy atom. The zero-order valence-electron chi connectivity index (χ0n) is 12.4. The van der Waals surface area contributed by atoms with Gasteiger partial charge in [-0.3, -0.25) is 0 Å². The van der Waals surface area contributed by atoms with E-state index in [2.05, 4.69) is 5.32 Å². The van der Waals surface area contributed by atoms with Gasteiger partial charge in [-0.25, -0.2) is 9.18 Å². The van der Waals surface area contributed by atoms with Gasteiger partial charge in [0.2, 0.25) is 0 Å². The molecule has 1 aliphatic carbocycles. The number of benzene rings is 1. The van der Waals surface area contributed by atoms with Crippen molar-refractivity contribution in [3.63, 3.8) is 0 Å². The normalized spacial score (nSPS) is 19.6. The molecular weight excluding hydrogens is 287 g/mol. The first-order valence-corrected chi connectivity index (χ1v) is 7.60. The van der Waals surface area contributed by atoms with E-state index < -0.39 is 0 Å². The van der Waals surface area contributed by atoms with Crippen LogP contribution >= 0.6 is 0 Å². The van der Waals surface area contributed by atoms with Gasteiger partial charge in [0.25, 0.3) is 0 Å². The summed E-state index contributed by atoms with van der Waals surface area (Å²) in [5.41, 5.74) is 0.449. The van der Waals surface area contributed by atoms with Crippen LogP contribution < -0.4 is 5.32 Å². The molecule has 0 atom stereocenters. The van der Waals surface area contributed by atoms with Crippen LogP contribution in [-0.4, -0.2) is 48.4 Å². The molecule has 0 aromatic heterocycles. The van der Waals surface area contributed by atoms with E-state index in [9.17, 15) is 14.3 Å². The second-order valence-corrected chi connectivity index (χ2v) is 6.25. The van der Waals surface area contributed by atoms with Crippen molar-refractivity contribution in [2.24, 2.45) is 5.41 Å². The summed E-state index contributed by atoms with van der Waals surface area (Å²) in [4.78, 5) is 13.6. The molecule has 0 bridgehead atoms. The van der Waals surface area contributed by atoms with E-state index in [1.54, 1.807) is 23.1 Å². The van der Waals surface area contributed by atoms with Gasteiger partial charge in [-0.05, 0) is 18.9 Å². The molecule has 1 aliphatic heterocycles. The number of amides is 2. The number of halogens is 1. The minimum atomic E-state index is -0.268. The van der Waals surface area contributed by atoms with Crippen LogP contribution in [0.4, 0.5) is 9.18 Å². The van der Waals surface area contributed by atoms with Crippen LogP contribution in [0.25, 0.3) is 0 Å². The highest BCUT2D eigenvalue weighted by Crippen LogP contribution is 2.44. The Morgan fingerprint density at radius 2 is 2.14 bits per heavy atom. The molecule has 1 saturated carbocycles. The first-order chi connectivity index (χ1) is 10.6. The number of ether oxygens (including phenoxy) is 1. The number of carbonyl (C=O) groups excluding carboxylic acids is 1. The van der Waals surface area contributed by atoms with Crippen molar-refractivity contribution in [3.8, 4) is 0 Å². The van der Waals surface area contributed by atoms with Gasteiger partial charge in [0, 0.05) is 17.5 Å². The summed E-state index contributed by atoms with van der Waals surface area (Å²) in [6.07, 6.45) is 1.90. The van der Waals surface area contributed by atoms with Crippen molar-refractivity contribution >= 4 is 6.03 Å². The van der Waals surface area contributed by atoms with Crippen molar-refractivity contribution in [1.29, 1.82) is 0 Å². The van der Waals surface area contributed by atoms with Crippen LogP contribution in [0.2, 0.25) is 0 Å². The third-order valence-electron chi connectivity index (χ3n) is 4.47. The van der Waals surface area contributed by atoms with Gasteiger partial charge >= 0.3 is 6.03 Å². The third-order valence-corrected chi connectivity index (χ3v) is 4.47. The first kappa shape index (κ1) is 15.2. The molecule has 0 radical (unpaired) electrons. The van der Waals surface area contributed by atoms with E-state index in [-0.39, 0.29) is 36.6 Å². The van der Waals surface area contributed by atoms with Crippen LogP contribution in [0.3, 0.4) is 0 Å². The molecule has 1 aromatic rings. The molecule has 1 saturated heterocycles. The van der Waals surface area contributed by atoms with Crippen LogP contribution in [0.1, 0.15) is 18.4 Å². The van der Waals surface area contributed by atoms with Gasteiger partial charge in [0.05, 0.1) is 32.4 Å². The fourth-order valence-corrected chi connectivity index (χ4v) is 2.47. The highest BCUT2D eigenvalue weighted by molar-refractivity contribution is 5.75. The van der Waals surface area contributed by atoms with Crippen LogP contribution in [0.5, 0.6) is 0 Å². The van der Waals surface area contributed by atoms with Crippen molar-refractivity contribution in [2.75, 3.05) is 26.2 Å². The molecule has 5 nitrogen and oxygen atoms in total. The summed E-state index contributed by atoms with van der Waals surface area (Å²) < 4.78 is 19.0. The Morgan fingerprint density at radius 3 is 2.77 bits per heavy atom. The quantitative estimate of drug-likeness (QED) is 0.837. The summed E-state index contributed by atoms with van der Waals surface area (Å²) in [6.45, 7) is 1.92. The largest absolute Gasteiger partial charge is 0.396 e. The molecule has 0 unspecified atom stereocenters. The van der Waals surface area contributed by atoms with Crippen molar-refractivity contribution in [1.82, 2.24) is 10.2 Å². The summed E-state index contributed by atoms with van der Waals surface area (Å²) >= 11 is 0. The lowest BCUT2D eigenvalue weighted by Crippen LogP contribution is -2.58. The smallest absolute Gasteiger partial charge is 0.317 e. The van der Waals surface area contributed by atoms with Gasteiger partial charge in [0.1, 0.15) is 5.82 Å². The molecule has 120 valence electrons. The van der Waals surface area contributed by atoms with E-state index in [0.717, 1.165) is 12.8 Å². The molecule has 22 heavy (non-hydrogen) atoms. The molecular formula is C16H21FN2O3. The second kappa shape index (κ2) is 6.22. The molecule has 2 aliphatic rings. The average Bonchev–Trinajstić information content (AvgIpc) is 3.26. The van der Waals surface area contributed by atoms with E-state index >= 15 is 0 Å². The van der Waals surface area contributed by atoms with E-state index in [1.807, 2.05) is 0 Å². The lowest BCUT2D eigenvalue weighted by Gasteiger charge is -2.39. The van der Waals surface area contributed by atoms with Gasteiger partial charge in [-0.2, -0.15) is 0 Å². The standard InChI is InChI=1S/C16H21FN2O3/c17-14-4-2-1-3-12(14)9-22-13-7-19(8-13)15(21)18-10-16(11-20)5-6-16/h1-4,13,20H,5-11H2,(H,18,21). The number of rotatable bonds is 6. The number of hydrogen-bond acceptors (Lipinski definition) is 3. The molecule has 2 amide bonds. The number of likely N-dealkylation sites (tertiary alicyclic amines) is 1. The van der Waals surface area contributed by atoms with Crippen LogP contribution in [-0.2, 0) is 11.3 Å². The summed E-state index contributed by atoms with van der Waals surface area (Å²) in [6, 6.07) is 6.41. The van der Waals surface area contributed by atoms with Gasteiger partial charge in [-0.1, -0.05) is 18.2 Å². The van der Waals surface area contributed by atoms with E-state index in [0.29, 0.717) is 25.2 Å². The molecule has 6 heteroatoms. The number of aliphatic hydroxyl groups excluding tert-OH is 1. The molecule has 3 rings (SSSR count). The maximum Gasteiger partial charge on any atom is 0.317 e. The maximum absolute atomic E-state index is 13.4. The van der Waals surface area contributed by atoms with Crippen LogP contribution in [0.15, 0.2) is 24.3 Å². The number of hydrogen-bond donors (Lipinski definition) is 2. The molecule has 2 fully saturated rings. The van der Waals surface area contributed by atoms with Crippen LogP contribution in [0, 0.1) is 11.2 Å². The monoisotopic (exact) mass is 308 g/mol. The number of aliphatic hydroxyl groups is 1. The Balaban J connectivity index is 1.35. The lowest BCUT2D eigenvalue weighted by atomic mass is 10.1. The zero-order chi connectivity index (χ0) is 15.6. The Bertz CT molecular complexity index is 542. The van der Waals surface area contributed by atoms with E-state index in [4.69, 9.17) is 4.74 Å². The zero-order valence-corrected chi connectivity index (χ0v) is 12.4. The second-order valence-electron chi connectivity index (χ2n) is 6.25. The number of carbonyl (C=O) groups is 1. The minimum Gasteiger partial charge on any atom is -0.396 e. The summed E-state index contributed by atoms with van der Waals surface area (Å²) in [5.74, 6) is -0.268. The first-order valence-electron chi connectivity index (χ1n) is 7.60. The lowest BCUT2D eigenvalue weighted by molar-refractivity contribution is -0.0451.